The Morgan fingerprint density at radius 2 is 1.31 bits per heavy atom. The first-order chi connectivity index (χ1) is 12.1. The van der Waals surface area contributed by atoms with Gasteiger partial charge in [0.25, 0.3) is 6.33 Å². The molecule has 0 fully saturated rings. The third-order valence-corrected chi connectivity index (χ3v) is 2.96. The molecule has 0 saturated heterocycles. The van der Waals surface area contributed by atoms with E-state index in [9.17, 15) is 13.2 Å². The quantitative estimate of drug-likeness (QED) is 0.490. The summed E-state index contributed by atoms with van der Waals surface area (Å²) in [5, 5.41) is 3.68. The molecule has 0 saturated carbocycles. The molecule has 0 aliphatic heterocycles. The molecule has 1 aromatic heterocycles. The van der Waals surface area contributed by atoms with Gasteiger partial charge in [0, 0.05) is 0 Å². The lowest BCUT2D eigenvalue weighted by atomic mass is 10.3. The van der Waals surface area contributed by atoms with E-state index in [0.29, 0.717) is 11.4 Å². The molecule has 0 bridgehead atoms. The molecular formula is C15H11ClF3N3O4. The van der Waals surface area contributed by atoms with E-state index >= 15 is 0 Å². The van der Waals surface area contributed by atoms with Gasteiger partial charge < -0.3 is 0 Å². The number of nitrogens with zero attached hydrogens (tertiary/aromatic N) is 3. The Morgan fingerprint density at radius 1 is 0.846 bits per heavy atom. The maximum Gasteiger partial charge on any atom is 0.477 e. The van der Waals surface area contributed by atoms with Crippen LogP contribution in [0.2, 0.25) is 0 Å². The molecule has 26 heavy (non-hydrogen) atoms. The van der Waals surface area contributed by atoms with Gasteiger partial charge in [-0.2, -0.15) is 17.7 Å². The summed E-state index contributed by atoms with van der Waals surface area (Å²) in [4.78, 5) is 0. The lowest BCUT2D eigenvalue weighted by Gasteiger charge is -2.17. The number of rotatable bonds is 2. The Bertz CT molecular complexity index is 831. The van der Waals surface area contributed by atoms with Crippen molar-refractivity contribution >= 4 is 0 Å². The van der Waals surface area contributed by atoms with E-state index in [4.69, 9.17) is 18.6 Å². The first-order valence-corrected chi connectivity index (χ1v) is 8.10. The van der Waals surface area contributed by atoms with E-state index in [1.165, 1.54) is 11.0 Å². The molecule has 0 N–H and O–H groups in total. The first-order valence-electron chi connectivity index (χ1n) is 6.87. The van der Waals surface area contributed by atoms with Gasteiger partial charge >= 0.3 is 12.0 Å². The Hall–Kier alpha value is -2.50. The molecule has 0 aliphatic rings. The molecule has 11 heteroatoms. The van der Waals surface area contributed by atoms with Gasteiger partial charge in [0.1, 0.15) is 5.69 Å². The molecule has 0 atom stereocenters. The number of benzene rings is 2. The second kappa shape index (κ2) is 7.81. The average molecular weight is 390 g/mol. The van der Waals surface area contributed by atoms with Gasteiger partial charge in [-0.15, -0.1) is 10.2 Å². The lowest BCUT2D eigenvalue weighted by molar-refractivity contribution is -2.00. The molecule has 0 aliphatic carbocycles. The summed E-state index contributed by atoms with van der Waals surface area (Å²) < 4.78 is 75.7. The number of alkyl halides is 3. The fourth-order valence-corrected chi connectivity index (χ4v) is 2.02. The molecule has 0 radical (unpaired) electrons. The predicted molar refractivity (Wildman–Crippen MR) is 70.1 cm³/mol. The highest BCUT2D eigenvalue weighted by molar-refractivity contribution is 5.32. The van der Waals surface area contributed by atoms with Crippen LogP contribution in [0.3, 0.4) is 0 Å². The summed E-state index contributed by atoms with van der Waals surface area (Å²) >= 11 is 0. The molecule has 0 amide bonds. The van der Waals surface area contributed by atoms with Gasteiger partial charge in [0.15, 0.2) is 5.69 Å². The maximum absolute atomic E-state index is 13.2. The zero-order valence-corrected chi connectivity index (χ0v) is 13.6. The average Bonchev–Trinajstić information content (AvgIpc) is 3.01. The normalized spacial score (nSPS) is 11.7. The molecule has 0 unspecified atom stereocenters. The number of para-hydroxylation sites is 2. The highest BCUT2D eigenvalue weighted by atomic mass is 35.7. The summed E-state index contributed by atoms with van der Waals surface area (Å²) in [5.74, 6) is -0.961. The van der Waals surface area contributed by atoms with Crippen LogP contribution in [0.4, 0.5) is 13.2 Å². The second-order valence-corrected chi connectivity index (χ2v) is 5.56. The van der Waals surface area contributed by atoms with Crippen LogP contribution in [-0.2, 0) is 6.18 Å². The summed E-state index contributed by atoms with van der Waals surface area (Å²) in [6, 6.07) is 17.0. The summed E-state index contributed by atoms with van der Waals surface area (Å²) in [7, 11) is -4.94. The Kier molecular flexibility index (Phi) is 5.95. The van der Waals surface area contributed by atoms with E-state index in [2.05, 4.69) is 5.10 Å². The molecule has 3 rings (SSSR count). The van der Waals surface area contributed by atoms with Crippen molar-refractivity contribution in [1.82, 2.24) is 9.67 Å². The van der Waals surface area contributed by atoms with E-state index in [-0.39, 0.29) is 0 Å². The van der Waals surface area contributed by atoms with Gasteiger partial charge in [0.2, 0.25) is 0 Å². The van der Waals surface area contributed by atoms with Crippen LogP contribution in [0.25, 0.3) is 11.4 Å². The van der Waals surface area contributed by atoms with Gasteiger partial charge in [-0.3, -0.25) is 0 Å². The van der Waals surface area contributed by atoms with Crippen molar-refractivity contribution in [2.75, 3.05) is 0 Å². The Labute approximate surface area is 147 Å². The SMILES string of the molecule is FC(F)(F)c1n[n+](-c2ccccc2)cn1-c1ccccc1.[O-][Cl+3]([O-])([O-])[O-]. The molecular weight excluding hydrogens is 379 g/mol. The number of aromatic nitrogens is 3. The maximum atomic E-state index is 13.2. The molecule has 2 aromatic carbocycles. The smallest absolute Gasteiger partial charge is 0.222 e. The molecule has 3 aromatic rings. The second-order valence-electron chi connectivity index (χ2n) is 4.80. The molecule has 1 heterocycles. The lowest BCUT2D eigenvalue weighted by Crippen LogP contribution is -2.68. The summed E-state index contributed by atoms with van der Waals surface area (Å²) in [6.07, 6.45) is -3.20. The Balaban J connectivity index is 0.000000431. The fourth-order valence-electron chi connectivity index (χ4n) is 2.02. The van der Waals surface area contributed by atoms with Crippen molar-refractivity contribution in [2.24, 2.45) is 0 Å². The van der Waals surface area contributed by atoms with Gasteiger partial charge in [0.05, 0.1) is 0 Å². The number of halogens is 4. The van der Waals surface area contributed by atoms with Crippen molar-refractivity contribution in [3.63, 3.8) is 0 Å². The monoisotopic (exact) mass is 389 g/mol. The van der Waals surface area contributed by atoms with Crippen LogP contribution >= 0.6 is 0 Å². The van der Waals surface area contributed by atoms with Crippen LogP contribution in [0.15, 0.2) is 67.0 Å². The van der Waals surface area contributed by atoms with Gasteiger partial charge in [-0.05, 0) is 29.4 Å². The van der Waals surface area contributed by atoms with Crippen molar-refractivity contribution in [3.8, 4) is 11.4 Å². The van der Waals surface area contributed by atoms with Gasteiger partial charge in [-0.25, -0.2) is 18.6 Å². The van der Waals surface area contributed by atoms with Crippen molar-refractivity contribution in [3.05, 3.63) is 72.8 Å². The minimum absolute atomic E-state index is 0.409. The zero-order chi connectivity index (χ0) is 19.4. The van der Waals surface area contributed by atoms with Crippen molar-refractivity contribution in [1.29, 1.82) is 0 Å². The van der Waals surface area contributed by atoms with Crippen molar-refractivity contribution < 1.29 is 46.7 Å². The van der Waals surface area contributed by atoms with E-state index in [0.717, 1.165) is 4.57 Å². The third-order valence-electron chi connectivity index (χ3n) is 2.96. The van der Waals surface area contributed by atoms with E-state index in [1.54, 1.807) is 60.7 Å². The molecule has 7 nitrogen and oxygen atoms in total. The highest BCUT2D eigenvalue weighted by Gasteiger charge is 2.43. The van der Waals surface area contributed by atoms with Crippen molar-refractivity contribution in [2.45, 2.75) is 6.18 Å². The van der Waals surface area contributed by atoms with Crippen LogP contribution in [0.1, 0.15) is 5.82 Å². The van der Waals surface area contributed by atoms with Gasteiger partial charge in [-0.1, -0.05) is 41.1 Å². The van der Waals surface area contributed by atoms with E-state index < -0.39 is 22.2 Å². The van der Waals surface area contributed by atoms with Crippen LogP contribution in [0.5, 0.6) is 0 Å². The Morgan fingerprint density at radius 3 is 1.77 bits per heavy atom. The largest absolute Gasteiger partial charge is 0.477 e. The molecule has 138 valence electrons. The fraction of sp³-hybridized carbons (Fsp3) is 0.0667. The van der Waals surface area contributed by atoms with Crippen LogP contribution in [0, 0.1) is 10.2 Å². The minimum Gasteiger partial charge on any atom is -0.222 e. The predicted octanol–water partition coefficient (Wildman–Crippen LogP) is -1.59. The zero-order valence-electron chi connectivity index (χ0n) is 12.8. The summed E-state index contributed by atoms with van der Waals surface area (Å²) in [5.41, 5.74) is 0.977. The summed E-state index contributed by atoms with van der Waals surface area (Å²) in [6.45, 7) is 0. The standard InChI is InChI=1S/C15H11F3N3.ClHO4/c16-15(17,18)14-19-21(13-9-5-2-6-10-13)11-20(14)12-7-3-1-4-8-12;2-1(3,4)5/h1-11H;(H,2,3,4,5)/q+1;/p-1. The first kappa shape index (κ1) is 19.8. The van der Waals surface area contributed by atoms with Crippen LogP contribution < -0.4 is 23.3 Å². The van der Waals surface area contributed by atoms with E-state index in [1.807, 2.05) is 0 Å². The molecule has 0 spiro atoms. The number of hydrogen-bond acceptors (Lipinski definition) is 5. The third kappa shape index (κ3) is 5.79. The minimum atomic E-state index is -4.94. The number of hydrogen-bond donors (Lipinski definition) is 0. The topological polar surface area (TPSA) is 114 Å². The van der Waals surface area contributed by atoms with Crippen LogP contribution in [-0.4, -0.2) is 9.67 Å². The highest BCUT2D eigenvalue weighted by Crippen LogP contribution is 2.28.